The van der Waals surface area contributed by atoms with Crippen LogP contribution in [0.25, 0.3) is 121 Å². The van der Waals surface area contributed by atoms with Crippen LogP contribution in [0.15, 0.2) is 231 Å². The molecule has 0 bridgehead atoms. The molecule has 0 aliphatic rings. The van der Waals surface area contributed by atoms with E-state index >= 15 is 0 Å². The molecule has 0 aliphatic heterocycles. The second-order valence-corrected chi connectivity index (χ2v) is 16.4. The van der Waals surface area contributed by atoms with Gasteiger partial charge in [-0.2, -0.15) is 0 Å². The van der Waals surface area contributed by atoms with E-state index in [1.807, 2.05) is 0 Å². The number of benzene rings is 11. The number of para-hydroxylation sites is 6. The van der Waals surface area contributed by atoms with Crippen LogP contribution >= 0.6 is 0 Å². The van der Waals surface area contributed by atoms with Gasteiger partial charge in [-0.25, -0.2) is 0 Å². The van der Waals surface area contributed by atoms with E-state index in [1.54, 1.807) is 0 Å². The third-order valence-corrected chi connectivity index (χ3v) is 13.1. The number of hydrogen-bond acceptors (Lipinski definition) is 0. The van der Waals surface area contributed by atoms with Gasteiger partial charge in [-0.1, -0.05) is 188 Å². The lowest BCUT2D eigenvalue weighted by Gasteiger charge is -2.20. The fourth-order valence-electron chi connectivity index (χ4n) is 10.5. The number of aromatic nitrogens is 2. The van der Waals surface area contributed by atoms with Crippen molar-refractivity contribution in [2.75, 3.05) is 0 Å². The smallest absolute Gasteiger partial charge is 0.0619 e. The van der Waals surface area contributed by atoms with Crippen molar-refractivity contribution in [3.63, 3.8) is 0 Å². The maximum atomic E-state index is 2.49. The van der Waals surface area contributed by atoms with Gasteiger partial charge in [0, 0.05) is 44.0 Å². The molecule has 13 rings (SSSR count). The van der Waals surface area contributed by atoms with Crippen LogP contribution in [0.1, 0.15) is 0 Å². The first-order chi connectivity index (χ1) is 30.8. The van der Waals surface area contributed by atoms with Crippen molar-refractivity contribution in [2.45, 2.75) is 0 Å². The molecular formula is C60H38N2. The predicted octanol–water partition coefficient (Wildman–Crippen LogP) is 16.3. The van der Waals surface area contributed by atoms with Crippen molar-refractivity contribution in [3.05, 3.63) is 231 Å². The molecule has 11 aromatic carbocycles. The van der Waals surface area contributed by atoms with E-state index in [0.717, 1.165) is 11.4 Å². The van der Waals surface area contributed by atoms with Crippen LogP contribution < -0.4 is 0 Å². The van der Waals surface area contributed by atoms with Crippen LogP contribution in [0.3, 0.4) is 0 Å². The first kappa shape index (κ1) is 34.6. The summed E-state index contributed by atoms with van der Waals surface area (Å²) >= 11 is 0. The van der Waals surface area contributed by atoms with E-state index in [1.165, 1.54) is 109 Å². The zero-order valence-electron chi connectivity index (χ0n) is 33.8. The van der Waals surface area contributed by atoms with Gasteiger partial charge < -0.3 is 9.13 Å². The Morgan fingerprint density at radius 3 is 1.13 bits per heavy atom. The lowest BCUT2D eigenvalue weighted by atomic mass is 9.84. The van der Waals surface area contributed by atoms with Crippen LogP contribution in [0, 0.1) is 0 Å². The van der Waals surface area contributed by atoms with Gasteiger partial charge in [-0.05, 0) is 97.0 Å². The molecule has 0 aliphatic carbocycles. The average Bonchev–Trinajstić information content (AvgIpc) is 3.87. The SMILES string of the molecule is c1ccc(-n2c3ccccc3c3cccc(-c4cccc5c(-c6cccc7ccccc67)c6cccc(-c7cccc8c9ccccc9n(-c9ccccc9)c78)c6cc45)c32)cc1. The molecule has 0 radical (unpaired) electrons. The minimum atomic E-state index is 1.15. The zero-order chi connectivity index (χ0) is 40.7. The van der Waals surface area contributed by atoms with Crippen LogP contribution in [0.5, 0.6) is 0 Å². The van der Waals surface area contributed by atoms with Gasteiger partial charge in [-0.3, -0.25) is 0 Å². The van der Waals surface area contributed by atoms with Gasteiger partial charge in [0.05, 0.1) is 22.1 Å². The van der Waals surface area contributed by atoms with Crippen LogP contribution in [-0.4, -0.2) is 9.13 Å². The summed E-state index contributed by atoms with van der Waals surface area (Å²) in [6.07, 6.45) is 0. The highest BCUT2D eigenvalue weighted by Crippen LogP contribution is 2.48. The van der Waals surface area contributed by atoms with Gasteiger partial charge in [0.2, 0.25) is 0 Å². The van der Waals surface area contributed by atoms with Crippen molar-refractivity contribution in [3.8, 4) is 44.8 Å². The summed E-state index contributed by atoms with van der Waals surface area (Å²) in [5.41, 5.74) is 14.5. The quantitative estimate of drug-likeness (QED) is 0.154. The molecule has 0 atom stereocenters. The Balaban J connectivity index is 1.20. The van der Waals surface area contributed by atoms with Crippen LogP contribution in [0.4, 0.5) is 0 Å². The predicted molar refractivity (Wildman–Crippen MR) is 264 cm³/mol. The third kappa shape index (κ3) is 5.04. The molecule has 13 aromatic rings. The molecule has 2 nitrogen and oxygen atoms in total. The van der Waals surface area contributed by atoms with Crippen molar-refractivity contribution in [2.24, 2.45) is 0 Å². The molecule has 0 fully saturated rings. The molecule has 0 saturated heterocycles. The van der Waals surface area contributed by atoms with Crippen LogP contribution in [0.2, 0.25) is 0 Å². The first-order valence-corrected chi connectivity index (χ1v) is 21.4. The Morgan fingerprint density at radius 1 is 0.226 bits per heavy atom. The molecule has 2 aromatic heterocycles. The summed E-state index contributed by atoms with van der Waals surface area (Å²) in [6, 6.07) is 84.9. The highest BCUT2D eigenvalue weighted by molar-refractivity contribution is 6.25. The topological polar surface area (TPSA) is 9.86 Å². The number of rotatable bonds is 5. The minimum Gasteiger partial charge on any atom is -0.309 e. The van der Waals surface area contributed by atoms with E-state index in [2.05, 4.69) is 240 Å². The van der Waals surface area contributed by atoms with E-state index < -0.39 is 0 Å². The number of fused-ring (bicyclic) bond motifs is 9. The second kappa shape index (κ2) is 13.7. The number of nitrogens with zero attached hydrogens (tertiary/aromatic N) is 2. The zero-order valence-corrected chi connectivity index (χ0v) is 33.8. The van der Waals surface area contributed by atoms with Crippen molar-refractivity contribution < 1.29 is 0 Å². The van der Waals surface area contributed by atoms with Gasteiger partial charge in [0.1, 0.15) is 0 Å². The van der Waals surface area contributed by atoms with E-state index in [4.69, 9.17) is 0 Å². The molecule has 2 heterocycles. The van der Waals surface area contributed by atoms with E-state index in [-0.39, 0.29) is 0 Å². The fourth-order valence-corrected chi connectivity index (χ4v) is 10.5. The minimum absolute atomic E-state index is 1.15. The lowest BCUT2D eigenvalue weighted by Crippen LogP contribution is -1.97. The molecule has 0 spiro atoms. The largest absolute Gasteiger partial charge is 0.309 e. The average molecular weight is 787 g/mol. The highest BCUT2D eigenvalue weighted by atomic mass is 15.0. The van der Waals surface area contributed by atoms with Gasteiger partial charge in [-0.15, -0.1) is 0 Å². The molecule has 0 saturated carbocycles. The second-order valence-electron chi connectivity index (χ2n) is 16.4. The fraction of sp³-hybridized carbons (Fsp3) is 0. The van der Waals surface area contributed by atoms with E-state index in [0.29, 0.717) is 0 Å². The monoisotopic (exact) mass is 786 g/mol. The van der Waals surface area contributed by atoms with Gasteiger partial charge >= 0.3 is 0 Å². The summed E-state index contributed by atoms with van der Waals surface area (Å²) in [5.74, 6) is 0. The Labute approximate surface area is 358 Å². The van der Waals surface area contributed by atoms with Gasteiger partial charge in [0.15, 0.2) is 0 Å². The summed E-state index contributed by atoms with van der Waals surface area (Å²) in [7, 11) is 0. The molecule has 62 heavy (non-hydrogen) atoms. The Morgan fingerprint density at radius 2 is 0.597 bits per heavy atom. The Bertz CT molecular complexity index is 3690. The van der Waals surface area contributed by atoms with Crippen molar-refractivity contribution in [1.82, 2.24) is 9.13 Å². The summed E-state index contributed by atoms with van der Waals surface area (Å²) in [4.78, 5) is 0. The maximum Gasteiger partial charge on any atom is 0.0619 e. The lowest BCUT2D eigenvalue weighted by molar-refractivity contribution is 1.18. The molecule has 288 valence electrons. The normalized spacial score (nSPS) is 11.9. The van der Waals surface area contributed by atoms with Gasteiger partial charge in [0.25, 0.3) is 0 Å². The summed E-state index contributed by atoms with van der Waals surface area (Å²) in [6.45, 7) is 0. The van der Waals surface area contributed by atoms with Crippen LogP contribution in [-0.2, 0) is 0 Å². The molecular weight excluding hydrogens is 749 g/mol. The Hall–Kier alpha value is -8.20. The summed E-state index contributed by atoms with van der Waals surface area (Å²) in [5, 5.41) is 12.4. The van der Waals surface area contributed by atoms with E-state index in [9.17, 15) is 0 Å². The molecule has 2 heteroatoms. The summed E-state index contributed by atoms with van der Waals surface area (Å²) < 4.78 is 4.92. The molecule has 0 amide bonds. The standard InChI is InChI=1S/C60H38N2/c1-3-20-40(21-4-1)61-56-36-11-9-25-45(56)52-34-16-32-50(59(52)61)43-27-14-30-48-54(43)38-55-44(28-15-31-49(55)58(48)47-29-13-19-39-18-7-8-24-42(39)47)51-33-17-35-53-46-26-10-12-37-57(46)62(60(51)53)41-22-5-2-6-23-41/h1-38H. The number of hydrogen-bond donors (Lipinski definition) is 0. The molecule has 0 unspecified atom stereocenters. The third-order valence-electron chi connectivity index (χ3n) is 13.1. The first-order valence-electron chi connectivity index (χ1n) is 21.4. The highest BCUT2D eigenvalue weighted by Gasteiger charge is 2.23. The molecule has 0 N–H and O–H groups in total. The Kier molecular flexibility index (Phi) is 7.64. The van der Waals surface area contributed by atoms with Crippen molar-refractivity contribution >= 4 is 75.9 Å². The van der Waals surface area contributed by atoms with Crippen molar-refractivity contribution in [1.29, 1.82) is 0 Å². The maximum absolute atomic E-state index is 2.49.